The first-order chi connectivity index (χ1) is 13.9. The number of halogens is 1. The summed E-state index contributed by atoms with van der Waals surface area (Å²) in [4.78, 5) is 16.7. The zero-order chi connectivity index (χ0) is 21.0. The van der Waals surface area contributed by atoms with Gasteiger partial charge in [-0.15, -0.1) is 24.0 Å². The molecule has 0 radical (unpaired) electrons. The highest BCUT2D eigenvalue weighted by atomic mass is 127. The number of rotatable bonds is 7. The van der Waals surface area contributed by atoms with Gasteiger partial charge in [0.15, 0.2) is 5.96 Å². The Morgan fingerprint density at radius 2 is 2.03 bits per heavy atom. The Morgan fingerprint density at radius 1 is 1.27 bits per heavy atom. The highest BCUT2D eigenvalue weighted by Gasteiger charge is 2.16. The zero-order valence-electron chi connectivity index (χ0n) is 18.7. The van der Waals surface area contributed by atoms with Crippen molar-refractivity contribution in [2.45, 2.75) is 72.0 Å². The van der Waals surface area contributed by atoms with E-state index in [9.17, 15) is 4.79 Å². The normalized spacial score (nSPS) is 14.8. The van der Waals surface area contributed by atoms with Crippen LogP contribution in [0.25, 0.3) is 0 Å². The van der Waals surface area contributed by atoms with Crippen LogP contribution in [0.2, 0.25) is 0 Å². The molecule has 2 aromatic heterocycles. The molecule has 0 aliphatic carbocycles. The Balaban J connectivity index is 0.00000320. The fourth-order valence-corrected chi connectivity index (χ4v) is 3.93. The molecule has 1 atom stereocenters. The Kier molecular flexibility index (Phi) is 8.92. The van der Waals surface area contributed by atoms with Crippen molar-refractivity contribution >= 4 is 29.9 Å². The van der Waals surface area contributed by atoms with Crippen molar-refractivity contribution in [1.82, 2.24) is 34.8 Å². The van der Waals surface area contributed by atoms with Gasteiger partial charge in [-0.25, -0.2) is 9.48 Å². The molecule has 0 saturated carbocycles. The van der Waals surface area contributed by atoms with Gasteiger partial charge in [-0.1, -0.05) is 0 Å². The van der Waals surface area contributed by atoms with Gasteiger partial charge >= 0.3 is 5.69 Å². The third-order valence-electron chi connectivity index (χ3n) is 5.65. The minimum absolute atomic E-state index is 0. The molecule has 3 rings (SSSR count). The number of nitrogens with one attached hydrogen (secondary N) is 2. The Morgan fingerprint density at radius 3 is 2.67 bits per heavy atom. The van der Waals surface area contributed by atoms with Crippen molar-refractivity contribution in [3.05, 3.63) is 33.3 Å². The van der Waals surface area contributed by atoms with Gasteiger partial charge in [0.25, 0.3) is 0 Å². The highest BCUT2D eigenvalue weighted by Crippen LogP contribution is 2.14. The first kappa shape index (κ1) is 24.4. The van der Waals surface area contributed by atoms with Crippen LogP contribution in [0, 0.1) is 13.8 Å². The van der Waals surface area contributed by atoms with Crippen LogP contribution in [-0.2, 0) is 33.0 Å². The number of nitrogens with zero attached hydrogens (tertiary/aromatic N) is 6. The minimum Gasteiger partial charge on any atom is -0.356 e. The lowest BCUT2D eigenvalue weighted by atomic mass is 10.1. The second kappa shape index (κ2) is 11.0. The molecule has 168 valence electrons. The van der Waals surface area contributed by atoms with E-state index in [2.05, 4.69) is 46.6 Å². The van der Waals surface area contributed by atoms with E-state index in [-0.39, 0.29) is 35.7 Å². The topological polar surface area (TPSA) is 94.1 Å². The largest absolute Gasteiger partial charge is 0.356 e. The standard InChI is InChI=1S/C20H34N8O.HI/c1-14(13-17-15(2)24-26(5)16(17)3)23-19(21-4)22-10-8-12-28-20(29)27-11-7-6-9-18(27)25-28;/h14H,6-13H2,1-5H3,(H2,21,22,23);1H. The molecule has 2 aromatic rings. The number of hydrogen-bond acceptors (Lipinski definition) is 4. The lowest BCUT2D eigenvalue weighted by Gasteiger charge is -2.18. The molecular weight excluding hydrogens is 495 g/mol. The van der Waals surface area contributed by atoms with Crippen LogP contribution < -0.4 is 16.3 Å². The van der Waals surface area contributed by atoms with Gasteiger partial charge in [0, 0.05) is 51.9 Å². The Hall–Kier alpha value is -1.85. The van der Waals surface area contributed by atoms with Crippen molar-refractivity contribution in [2.24, 2.45) is 12.0 Å². The molecule has 1 aliphatic heterocycles. The maximum atomic E-state index is 12.4. The third kappa shape index (κ3) is 5.64. The molecule has 10 heteroatoms. The molecule has 9 nitrogen and oxygen atoms in total. The summed E-state index contributed by atoms with van der Waals surface area (Å²) >= 11 is 0. The molecule has 2 N–H and O–H groups in total. The Bertz CT molecular complexity index is 926. The average Bonchev–Trinajstić information content (AvgIpc) is 3.15. The first-order valence-electron chi connectivity index (χ1n) is 10.5. The van der Waals surface area contributed by atoms with Crippen LogP contribution >= 0.6 is 24.0 Å². The fraction of sp³-hybridized carbons (Fsp3) is 0.700. The van der Waals surface area contributed by atoms with Crippen molar-refractivity contribution < 1.29 is 0 Å². The molecule has 1 unspecified atom stereocenters. The third-order valence-corrected chi connectivity index (χ3v) is 5.65. The molecule has 3 heterocycles. The van der Waals surface area contributed by atoms with E-state index in [0.29, 0.717) is 6.54 Å². The first-order valence-corrected chi connectivity index (χ1v) is 10.5. The summed E-state index contributed by atoms with van der Waals surface area (Å²) in [7, 11) is 3.75. The van der Waals surface area contributed by atoms with Gasteiger partial charge in [-0.05, 0) is 52.0 Å². The lowest BCUT2D eigenvalue weighted by molar-refractivity contribution is 0.509. The molecule has 0 bridgehead atoms. The Labute approximate surface area is 195 Å². The molecule has 30 heavy (non-hydrogen) atoms. The second-order valence-corrected chi connectivity index (χ2v) is 7.91. The van der Waals surface area contributed by atoms with Gasteiger partial charge in [0.05, 0.1) is 5.69 Å². The highest BCUT2D eigenvalue weighted by molar-refractivity contribution is 14.0. The van der Waals surface area contributed by atoms with Crippen LogP contribution in [0.1, 0.15) is 49.0 Å². The van der Waals surface area contributed by atoms with Crippen molar-refractivity contribution in [1.29, 1.82) is 0 Å². The number of aryl methyl sites for hydroxylation is 4. The van der Waals surface area contributed by atoms with Crippen LogP contribution in [0.3, 0.4) is 0 Å². The van der Waals surface area contributed by atoms with Gasteiger partial charge in [0.2, 0.25) is 0 Å². The molecule has 0 amide bonds. The van der Waals surface area contributed by atoms with E-state index in [1.807, 2.05) is 16.3 Å². The SMILES string of the molecule is CN=C(NCCCn1nc2n(c1=O)CCCC2)NC(C)Cc1c(C)nn(C)c1C.I. The summed E-state index contributed by atoms with van der Waals surface area (Å²) in [6, 6.07) is 0.227. The average molecular weight is 530 g/mol. The van der Waals surface area contributed by atoms with Gasteiger partial charge < -0.3 is 10.6 Å². The summed E-state index contributed by atoms with van der Waals surface area (Å²) in [6.07, 6.45) is 4.80. The number of fused-ring (bicyclic) bond motifs is 1. The second-order valence-electron chi connectivity index (χ2n) is 7.91. The van der Waals surface area contributed by atoms with Crippen LogP contribution in [0.5, 0.6) is 0 Å². The summed E-state index contributed by atoms with van der Waals surface area (Å²) in [5.41, 5.74) is 3.59. The summed E-state index contributed by atoms with van der Waals surface area (Å²) in [5.74, 6) is 1.70. The van der Waals surface area contributed by atoms with E-state index >= 15 is 0 Å². The molecular formula is C20H35IN8O. The number of aliphatic imine (C=N–C) groups is 1. The van der Waals surface area contributed by atoms with E-state index in [1.54, 1.807) is 11.7 Å². The smallest absolute Gasteiger partial charge is 0.345 e. The van der Waals surface area contributed by atoms with Crippen LogP contribution in [0.15, 0.2) is 9.79 Å². The van der Waals surface area contributed by atoms with Crippen molar-refractivity contribution in [3.63, 3.8) is 0 Å². The maximum absolute atomic E-state index is 12.4. The fourth-order valence-electron chi connectivity index (χ4n) is 3.93. The van der Waals surface area contributed by atoms with Crippen molar-refractivity contribution in [3.8, 4) is 0 Å². The van der Waals surface area contributed by atoms with E-state index in [0.717, 1.165) is 62.7 Å². The van der Waals surface area contributed by atoms with E-state index < -0.39 is 0 Å². The molecule has 0 saturated heterocycles. The summed E-state index contributed by atoms with van der Waals surface area (Å²) in [5, 5.41) is 15.8. The molecule has 0 aromatic carbocycles. The minimum atomic E-state index is 0. The molecule has 0 fully saturated rings. The molecule has 1 aliphatic rings. The van der Waals surface area contributed by atoms with E-state index in [4.69, 9.17) is 0 Å². The number of guanidine groups is 1. The monoisotopic (exact) mass is 530 g/mol. The van der Waals surface area contributed by atoms with Gasteiger partial charge in [0.1, 0.15) is 5.82 Å². The zero-order valence-corrected chi connectivity index (χ0v) is 21.1. The maximum Gasteiger partial charge on any atom is 0.345 e. The van der Waals surface area contributed by atoms with Gasteiger partial charge in [-0.2, -0.15) is 10.2 Å². The predicted octanol–water partition coefficient (Wildman–Crippen LogP) is 1.54. The van der Waals surface area contributed by atoms with Crippen molar-refractivity contribution in [2.75, 3.05) is 13.6 Å². The van der Waals surface area contributed by atoms with Crippen LogP contribution in [0.4, 0.5) is 0 Å². The van der Waals surface area contributed by atoms with Gasteiger partial charge in [-0.3, -0.25) is 14.2 Å². The summed E-state index contributed by atoms with van der Waals surface area (Å²) < 4.78 is 5.36. The summed E-state index contributed by atoms with van der Waals surface area (Å²) in [6.45, 7) is 8.45. The molecule has 0 spiro atoms. The van der Waals surface area contributed by atoms with E-state index in [1.165, 1.54) is 11.3 Å². The van der Waals surface area contributed by atoms with Crippen LogP contribution in [-0.4, -0.2) is 49.7 Å². The lowest BCUT2D eigenvalue weighted by Crippen LogP contribution is -2.43. The quantitative estimate of drug-likeness (QED) is 0.245. The number of hydrogen-bond donors (Lipinski definition) is 2. The predicted molar refractivity (Wildman–Crippen MR) is 130 cm³/mol. The number of aromatic nitrogens is 5.